The van der Waals surface area contributed by atoms with Crippen LogP contribution in [0.15, 0.2) is 91.1 Å². The number of fused-ring (bicyclic) bond motifs is 2. The molecule has 0 radical (unpaired) electrons. The van der Waals surface area contributed by atoms with Gasteiger partial charge in [0.25, 0.3) is 17.7 Å². The predicted octanol–water partition coefficient (Wildman–Crippen LogP) is 8.23. The van der Waals surface area contributed by atoms with Gasteiger partial charge in [-0.15, -0.1) is 0 Å². The first kappa shape index (κ1) is 65.4. The summed E-state index contributed by atoms with van der Waals surface area (Å²) >= 11 is 1.41. The van der Waals surface area contributed by atoms with Crippen LogP contribution in [0, 0.1) is 23.2 Å². The van der Waals surface area contributed by atoms with Crippen molar-refractivity contribution >= 4 is 74.2 Å². The molecule has 5 fully saturated rings. The lowest BCUT2D eigenvalue weighted by molar-refractivity contribution is -0.248. The summed E-state index contributed by atoms with van der Waals surface area (Å²) in [5.74, 6) is -3.26. The number of nitrogens with one attached hydrogen (secondary N) is 2. The van der Waals surface area contributed by atoms with Gasteiger partial charge in [-0.2, -0.15) is 5.10 Å². The van der Waals surface area contributed by atoms with Gasteiger partial charge >= 0.3 is 18.0 Å². The van der Waals surface area contributed by atoms with Gasteiger partial charge in [-0.05, 0) is 140 Å². The molecule has 2 unspecified atom stereocenters. The number of pyridine rings is 1. The van der Waals surface area contributed by atoms with Crippen molar-refractivity contribution in [3.63, 3.8) is 0 Å². The Morgan fingerprint density at radius 2 is 1.65 bits per heavy atom. The number of benzene rings is 3. The number of aromatic nitrogens is 4. The fourth-order valence-electron chi connectivity index (χ4n) is 16.2. The smallest absolute Gasteiger partial charge is 0.409 e. The molecule has 0 spiro atoms. The zero-order valence-electron chi connectivity index (χ0n) is 53.1. The maximum atomic E-state index is 13.8. The van der Waals surface area contributed by atoms with Gasteiger partial charge in [0.15, 0.2) is 16.9 Å². The number of carbonyl (C=O) groups excluding carboxylic acids is 5. The maximum absolute atomic E-state index is 13.8. The van der Waals surface area contributed by atoms with Crippen molar-refractivity contribution in [3.05, 3.63) is 130 Å². The number of amides is 5. The molecule has 4 bridgehead atoms. The molecule has 7 aliphatic rings. The number of carboxylic acids is 2. The second-order valence-electron chi connectivity index (χ2n) is 27.2. The summed E-state index contributed by atoms with van der Waals surface area (Å²) in [6.45, 7) is 8.82. The zero-order chi connectivity index (χ0) is 66.3. The molecular formula is C69H79N9O15S. The third-order valence-corrected chi connectivity index (χ3v) is 20.4. The Morgan fingerprint density at radius 3 is 2.40 bits per heavy atom. The van der Waals surface area contributed by atoms with E-state index < -0.39 is 60.0 Å². The fourth-order valence-corrected chi connectivity index (χ4v) is 17.0. The topological polar surface area (TPSA) is 315 Å². The average molecular weight is 1310 g/mol. The Balaban J connectivity index is 0.665. The first-order valence-electron chi connectivity index (χ1n) is 32.1. The standard InChI is InChI=1S/C69H79N9O15S/c1-41-47(45-18-19-54(73-58(45)62(87)88)76-25-22-43-12-10-13-46(48(43)32-76)60(84)74-64-72-49-14-7-8-15-53(49)94-64)31-71-78(41)40-68-35-66(2)34-67(3,36-68)38-69(37-66,39-68)91-28-27-75(4)65(89)90-33-44-17-16-42(29-51(44)92-63-59(83)50(79)30-52(93-63)61(85)86)11-6-5-9-24-70-55(80)23-26-77-56(81)20-21-57(77)82/h7-8,10,12-21,29,31,50,52,59,63,79,83H,5-6,9,11,22-28,30,32-40H2,1-4H3,(H,70,80)(H,85,86)(H,87,88)(H,72,74,84)/t50-,52-,59+,63+,66?,67?,68?,69?/m0/s1. The number of anilines is 2. The Labute approximate surface area is 547 Å². The number of ether oxygens (including phenoxy) is 4. The lowest BCUT2D eigenvalue weighted by Gasteiger charge is -2.69. The van der Waals surface area contributed by atoms with E-state index >= 15 is 0 Å². The molecular weight excluding hydrogens is 1230 g/mol. The minimum absolute atomic E-state index is 0.000165. The number of aliphatic carboxylic acids is 1. The first-order chi connectivity index (χ1) is 45.0. The molecule has 24 nitrogen and oxygen atoms in total. The SMILES string of the molecule is Cc1c(-c2ccc(N3CCc4cccc(C(=O)Nc5nc6ccccc6s5)c4C3)nc2C(=O)O)cnn1CC12CC3(C)CC(C)(C1)CC(OCCN(C)C(=O)OCc1ccc(CCCCCNC(=O)CCN4C(=O)C=CC4=O)cc1O[C@@H]1O[C@H](C(=O)O)C[C@H](O)[C@H]1O)(C3)C2. The molecule has 4 aliphatic carbocycles. The van der Waals surface area contributed by atoms with Crippen molar-refractivity contribution in [2.24, 2.45) is 16.2 Å². The van der Waals surface area contributed by atoms with Crippen molar-refractivity contribution in [1.82, 2.24) is 34.9 Å². The molecule has 5 amide bonds. The highest BCUT2D eigenvalue weighted by molar-refractivity contribution is 7.22. The third-order valence-electron chi connectivity index (χ3n) is 19.5. The van der Waals surface area contributed by atoms with Crippen LogP contribution in [0.1, 0.15) is 133 Å². The maximum Gasteiger partial charge on any atom is 0.409 e. The minimum atomic E-state index is -1.58. The third kappa shape index (κ3) is 14.1. The fraction of sp³-hybridized carbons (Fsp3) is 0.478. The number of unbranched alkanes of at least 4 members (excludes halogenated alkanes) is 2. The van der Waals surface area contributed by atoms with Crippen LogP contribution in [-0.2, 0) is 65.9 Å². The highest BCUT2D eigenvalue weighted by atomic mass is 32.1. The van der Waals surface area contributed by atoms with Crippen LogP contribution in [0.5, 0.6) is 5.75 Å². The molecule has 4 saturated carbocycles. The van der Waals surface area contributed by atoms with E-state index in [1.54, 1.807) is 31.4 Å². The molecule has 496 valence electrons. The number of likely N-dealkylation sites (N-methyl/N-ethyl adjacent to an activating group) is 1. The molecule has 6 heterocycles. The van der Waals surface area contributed by atoms with Crippen LogP contribution in [0.3, 0.4) is 0 Å². The van der Waals surface area contributed by atoms with Gasteiger partial charge in [0.2, 0.25) is 12.2 Å². The summed E-state index contributed by atoms with van der Waals surface area (Å²) < 4.78 is 27.5. The van der Waals surface area contributed by atoms with E-state index in [0.29, 0.717) is 85.1 Å². The number of aromatic carboxylic acids is 1. The van der Waals surface area contributed by atoms with Crippen molar-refractivity contribution in [3.8, 4) is 16.9 Å². The first-order valence-corrected chi connectivity index (χ1v) is 32.9. The van der Waals surface area contributed by atoms with E-state index in [-0.39, 0.29) is 78.6 Å². The molecule has 3 aliphatic heterocycles. The highest BCUT2D eigenvalue weighted by Gasteiger charge is 2.66. The quantitative estimate of drug-likeness (QED) is 0.0232. The van der Waals surface area contributed by atoms with Crippen LogP contribution in [-0.4, -0.2) is 162 Å². The number of rotatable bonds is 25. The number of carbonyl (C=O) groups is 7. The molecule has 25 heteroatoms. The number of thiazole rings is 1. The summed E-state index contributed by atoms with van der Waals surface area (Å²) in [7, 11) is 1.63. The molecule has 3 aromatic heterocycles. The van der Waals surface area contributed by atoms with Crippen molar-refractivity contribution in [1.29, 1.82) is 0 Å². The molecule has 6 aromatic rings. The van der Waals surface area contributed by atoms with Gasteiger partial charge in [-0.3, -0.25) is 34.1 Å². The lowest BCUT2D eigenvalue weighted by Crippen LogP contribution is -2.64. The van der Waals surface area contributed by atoms with E-state index in [1.165, 1.54) is 28.4 Å². The van der Waals surface area contributed by atoms with Gasteiger partial charge < -0.3 is 54.5 Å². The minimum Gasteiger partial charge on any atom is -0.479 e. The number of imide groups is 1. The number of aliphatic hydroxyl groups is 2. The molecule has 1 saturated heterocycles. The molecule has 3 aromatic carbocycles. The molecule has 6 N–H and O–H groups in total. The lowest BCUT2D eigenvalue weighted by atomic mass is 9.39. The Hall–Kier alpha value is -8.62. The number of carboxylic acid groups (broad SMARTS) is 2. The van der Waals surface area contributed by atoms with E-state index in [9.17, 15) is 54.0 Å². The molecule has 94 heavy (non-hydrogen) atoms. The van der Waals surface area contributed by atoms with Gasteiger partial charge in [0, 0.05) is 99.3 Å². The summed E-state index contributed by atoms with van der Waals surface area (Å²) in [6, 6.07) is 22.4. The second kappa shape index (κ2) is 26.6. The zero-order valence-corrected chi connectivity index (χ0v) is 54.0. The van der Waals surface area contributed by atoms with Crippen LogP contribution in [0.25, 0.3) is 21.3 Å². The number of hydrogen-bond acceptors (Lipinski definition) is 18. The summed E-state index contributed by atoms with van der Waals surface area (Å²) in [4.78, 5) is 102. The Bertz CT molecular complexity index is 3910. The Kier molecular flexibility index (Phi) is 18.6. The summed E-state index contributed by atoms with van der Waals surface area (Å²) in [6.07, 6.45) is 5.90. The van der Waals surface area contributed by atoms with Crippen molar-refractivity contribution < 1.29 is 72.9 Å². The second-order valence-corrected chi connectivity index (χ2v) is 28.2. The number of aliphatic hydroxyl groups excluding tert-OH is 2. The monoisotopic (exact) mass is 1310 g/mol. The van der Waals surface area contributed by atoms with Crippen LogP contribution < -0.4 is 20.3 Å². The van der Waals surface area contributed by atoms with Gasteiger partial charge in [0.1, 0.15) is 24.3 Å². The van der Waals surface area contributed by atoms with Crippen molar-refractivity contribution in [2.45, 2.75) is 154 Å². The molecule has 6 atom stereocenters. The van der Waals surface area contributed by atoms with Gasteiger partial charge in [-0.25, -0.2) is 24.4 Å². The normalized spacial score (nSPS) is 25.2. The van der Waals surface area contributed by atoms with Crippen LogP contribution in [0.2, 0.25) is 0 Å². The van der Waals surface area contributed by atoms with E-state index in [0.717, 1.165) is 82.4 Å². The van der Waals surface area contributed by atoms with Crippen LogP contribution >= 0.6 is 11.3 Å². The highest BCUT2D eigenvalue weighted by Crippen LogP contribution is 2.72. The van der Waals surface area contributed by atoms with E-state index in [4.69, 9.17) is 29.0 Å². The van der Waals surface area contributed by atoms with Crippen molar-refractivity contribution in [2.75, 3.05) is 50.1 Å². The number of hydrogen-bond donors (Lipinski definition) is 6. The number of nitrogens with zero attached hydrogens (tertiary/aromatic N) is 7. The van der Waals surface area contributed by atoms with E-state index in [2.05, 4.69) is 29.5 Å². The van der Waals surface area contributed by atoms with Gasteiger partial charge in [-0.1, -0.05) is 68.0 Å². The summed E-state index contributed by atoms with van der Waals surface area (Å²) in [5, 5.41) is 53.2. The van der Waals surface area contributed by atoms with Crippen LogP contribution in [0.4, 0.5) is 15.7 Å². The number of para-hydroxylation sites is 1. The Morgan fingerprint density at radius 1 is 0.872 bits per heavy atom. The number of aryl methyl sites for hydroxylation is 1. The average Bonchev–Trinajstić information content (AvgIpc) is 0.802. The summed E-state index contributed by atoms with van der Waals surface area (Å²) in [5.41, 5.74) is 5.62. The molecule has 13 rings (SSSR count). The van der Waals surface area contributed by atoms with E-state index in [1.807, 2.05) is 71.1 Å². The predicted molar refractivity (Wildman–Crippen MR) is 345 cm³/mol. The largest absolute Gasteiger partial charge is 0.479 e. The van der Waals surface area contributed by atoms with Gasteiger partial charge in [0.05, 0.1) is 34.7 Å².